The van der Waals surface area contributed by atoms with Crippen LogP contribution in [0.1, 0.15) is 54.1 Å². The summed E-state index contributed by atoms with van der Waals surface area (Å²) in [6, 6.07) is 0.438. The third kappa shape index (κ3) is 2.72. The highest BCUT2D eigenvalue weighted by molar-refractivity contribution is 5.80. The van der Waals surface area contributed by atoms with Crippen molar-refractivity contribution in [3.63, 3.8) is 0 Å². The van der Waals surface area contributed by atoms with E-state index in [4.69, 9.17) is 0 Å². The average Bonchev–Trinajstić information content (AvgIpc) is 3.18. The second-order valence-corrected chi connectivity index (χ2v) is 7.12. The summed E-state index contributed by atoms with van der Waals surface area (Å²) in [5.74, 6) is 0.981. The maximum atomic E-state index is 12.4. The van der Waals surface area contributed by atoms with E-state index in [0.717, 1.165) is 35.6 Å². The van der Waals surface area contributed by atoms with Crippen molar-refractivity contribution >= 4 is 5.91 Å². The number of hydrogen-bond donors (Lipinski definition) is 1. The highest BCUT2D eigenvalue weighted by Gasteiger charge is 2.41. The summed E-state index contributed by atoms with van der Waals surface area (Å²) in [7, 11) is 3.81. The van der Waals surface area contributed by atoms with Crippen LogP contribution in [0.15, 0.2) is 0 Å². The van der Waals surface area contributed by atoms with E-state index >= 15 is 0 Å². The van der Waals surface area contributed by atoms with Crippen molar-refractivity contribution in [1.29, 1.82) is 0 Å². The summed E-state index contributed by atoms with van der Waals surface area (Å²) >= 11 is 0. The average molecular weight is 344 g/mol. The summed E-state index contributed by atoms with van der Waals surface area (Å²) in [4.78, 5) is 14.2. The molecule has 0 spiro atoms. The highest BCUT2D eigenvalue weighted by atomic mass is 16.2. The second kappa shape index (κ2) is 5.91. The first-order chi connectivity index (χ1) is 12.0. The smallest absolute Gasteiger partial charge is 0.224 e. The van der Waals surface area contributed by atoms with Crippen LogP contribution in [-0.2, 0) is 18.4 Å². The standard InChI is InChI=1S/C16H24N8O/c1-9-15(10(2)23(4)19-9)16-12(7-14(25)22(16)3)17-8-13-18-20-21-24(13)11-5-6-11/h11-12,16-17H,5-8H2,1-4H3/t12-,16-/m1/s1. The molecule has 2 aliphatic rings. The van der Waals surface area contributed by atoms with E-state index < -0.39 is 0 Å². The summed E-state index contributed by atoms with van der Waals surface area (Å²) in [5.41, 5.74) is 3.20. The molecule has 2 aromatic rings. The minimum atomic E-state index is -0.0218. The Kier molecular flexibility index (Phi) is 3.82. The van der Waals surface area contributed by atoms with Gasteiger partial charge in [0.05, 0.1) is 24.3 Å². The normalized spacial score (nSPS) is 23.7. The lowest BCUT2D eigenvalue weighted by Crippen LogP contribution is -2.36. The minimum Gasteiger partial charge on any atom is -0.337 e. The molecule has 0 aromatic carbocycles. The molecule has 1 N–H and O–H groups in total. The number of likely N-dealkylation sites (N-methyl/N-ethyl adjacent to an activating group) is 1. The Morgan fingerprint density at radius 1 is 1.24 bits per heavy atom. The van der Waals surface area contributed by atoms with Crippen molar-refractivity contribution in [1.82, 2.24) is 40.2 Å². The Bertz CT molecular complexity index is 805. The number of nitrogens with zero attached hydrogens (tertiary/aromatic N) is 7. The molecule has 1 saturated carbocycles. The molecule has 1 saturated heterocycles. The fourth-order valence-electron chi connectivity index (χ4n) is 3.82. The zero-order valence-electron chi connectivity index (χ0n) is 15.1. The molecule has 25 heavy (non-hydrogen) atoms. The molecule has 2 atom stereocenters. The van der Waals surface area contributed by atoms with Crippen molar-refractivity contribution in [3.8, 4) is 0 Å². The van der Waals surface area contributed by atoms with E-state index in [1.54, 1.807) is 0 Å². The van der Waals surface area contributed by atoms with Gasteiger partial charge in [0.2, 0.25) is 5.91 Å². The summed E-state index contributed by atoms with van der Waals surface area (Å²) in [6.07, 6.45) is 2.75. The Morgan fingerprint density at radius 3 is 2.64 bits per heavy atom. The Labute approximate surface area is 146 Å². The third-order valence-electron chi connectivity index (χ3n) is 5.42. The number of aromatic nitrogens is 6. The van der Waals surface area contributed by atoms with Gasteiger partial charge in [-0.3, -0.25) is 9.48 Å². The lowest BCUT2D eigenvalue weighted by Gasteiger charge is -2.26. The van der Waals surface area contributed by atoms with E-state index in [0.29, 0.717) is 19.0 Å². The van der Waals surface area contributed by atoms with Crippen LogP contribution in [0.4, 0.5) is 0 Å². The van der Waals surface area contributed by atoms with Crippen molar-refractivity contribution in [2.24, 2.45) is 7.05 Å². The molecular weight excluding hydrogens is 320 g/mol. The number of carbonyl (C=O) groups is 1. The molecule has 1 aliphatic carbocycles. The summed E-state index contributed by atoms with van der Waals surface area (Å²) < 4.78 is 3.79. The van der Waals surface area contributed by atoms with E-state index in [-0.39, 0.29) is 18.0 Å². The summed E-state index contributed by atoms with van der Waals surface area (Å²) in [6.45, 7) is 4.62. The number of likely N-dealkylation sites (tertiary alicyclic amines) is 1. The van der Waals surface area contributed by atoms with Gasteiger partial charge in [-0.15, -0.1) is 5.10 Å². The molecule has 0 radical (unpaired) electrons. The van der Waals surface area contributed by atoms with Crippen LogP contribution < -0.4 is 5.32 Å². The van der Waals surface area contributed by atoms with Gasteiger partial charge < -0.3 is 10.2 Å². The molecule has 134 valence electrons. The van der Waals surface area contributed by atoms with Crippen molar-refractivity contribution < 1.29 is 4.79 Å². The molecule has 2 aromatic heterocycles. The number of aryl methyl sites for hydroxylation is 2. The lowest BCUT2D eigenvalue weighted by molar-refractivity contribution is -0.127. The molecule has 1 amide bonds. The number of tetrazole rings is 1. The van der Waals surface area contributed by atoms with Gasteiger partial charge in [-0.2, -0.15) is 5.10 Å². The van der Waals surface area contributed by atoms with Crippen LogP contribution in [-0.4, -0.2) is 53.9 Å². The summed E-state index contributed by atoms with van der Waals surface area (Å²) in [5, 5.41) is 20.1. The quantitative estimate of drug-likeness (QED) is 0.845. The van der Waals surface area contributed by atoms with E-state index in [9.17, 15) is 4.79 Å². The topological polar surface area (TPSA) is 93.8 Å². The molecule has 3 heterocycles. The predicted molar refractivity (Wildman–Crippen MR) is 89.5 cm³/mol. The van der Waals surface area contributed by atoms with Gasteiger partial charge >= 0.3 is 0 Å². The van der Waals surface area contributed by atoms with Crippen molar-refractivity contribution in [2.75, 3.05) is 7.05 Å². The third-order valence-corrected chi connectivity index (χ3v) is 5.42. The maximum absolute atomic E-state index is 12.4. The van der Waals surface area contributed by atoms with E-state index in [2.05, 4.69) is 32.9 Å². The number of nitrogens with one attached hydrogen (secondary N) is 1. The number of hydrogen-bond acceptors (Lipinski definition) is 6. The van der Waals surface area contributed by atoms with E-state index in [1.807, 2.05) is 35.3 Å². The number of carbonyl (C=O) groups excluding carboxylic acids is 1. The van der Waals surface area contributed by atoms with Gasteiger partial charge in [0, 0.05) is 37.8 Å². The first-order valence-corrected chi connectivity index (χ1v) is 8.73. The Morgan fingerprint density at radius 2 is 2.00 bits per heavy atom. The molecule has 1 aliphatic heterocycles. The molecule has 0 unspecified atom stereocenters. The second-order valence-electron chi connectivity index (χ2n) is 7.12. The van der Waals surface area contributed by atoms with Gasteiger partial charge in [0.25, 0.3) is 0 Å². The van der Waals surface area contributed by atoms with Gasteiger partial charge in [-0.05, 0) is 37.1 Å². The van der Waals surface area contributed by atoms with Gasteiger partial charge in [0.1, 0.15) is 0 Å². The molecule has 9 nitrogen and oxygen atoms in total. The zero-order chi connectivity index (χ0) is 17.7. The number of rotatable bonds is 5. The van der Waals surface area contributed by atoms with Gasteiger partial charge in [0.15, 0.2) is 5.82 Å². The van der Waals surface area contributed by atoms with Crippen molar-refractivity contribution in [2.45, 2.75) is 57.8 Å². The lowest BCUT2D eigenvalue weighted by atomic mass is 9.98. The molecule has 2 fully saturated rings. The molecule has 0 bridgehead atoms. The van der Waals surface area contributed by atoms with E-state index in [1.165, 1.54) is 0 Å². The molecular formula is C16H24N8O. The molecule has 9 heteroatoms. The zero-order valence-corrected chi connectivity index (χ0v) is 15.1. The Balaban J connectivity index is 1.57. The monoisotopic (exact) mass is 344 g/mol. The van der Waals surface area contributed by atoms with Gasteiger partial charge in [-0.1, -0.05) is 0 Å². The van der Waals surface area contributed by atoms with Crippen LogP contribution in [0.5, 0.6) is 0 Å². The SMILES string of the molecule is Cc1nn(C)c(C)c1[C@H]1[C@H](NCc2nnnn2C2CC2)CC(=O)N1C. The predicted octanol–water partition coefficient (Wildman–Crippen LogP) is 0.420. The van der Waals surface area contributed by atoms with Crippen LogP contribution in [0.25, 0.3) is 0 Å². The number of amides is 1. The molecule has 4 rings (SSSR count). The van der Waals surface area contributed by atoms with Crippen LogP contribution in [0.2, 0.25) is 0 Å². The van der Waals surface area contributed by atoms with Crippen LogP contribution in [0.3, 0.4) is 0 Å². The van der Waals surface area contributed by atoms with Gasteiger partial charge in [-0.25, -0.2) is 4.68 Å². The fraction of sp³-hybridized carbons (Fsp3) is 0.688. The Hall–Kier alpha value is -2.29. The fourth-order valence-corrected chi connectivity index (χ4v) is 3.82. The van der Waals surface area contributed by atoms with Crippen molar-refractivity contribution in [3.05, 3.63) is 22.8 Å². The minimum absolute atomic E-state index is 0.0171. The van der Waals surface area contributed by atoms with Crippen LogP contribution in [0, 0.1) is 13.8 Å². The van der Waals surface area contributed by atoms with Crippen LogP contribution >= 0.6 is 0 Å². The first kappa shape index (κ1) is 16.2. The largest absolute Gasteiger partial charge is 0.337 e. The highest BCUT2D eigenvalue weighted by Crippen LogP contribution is 2.36. The first-order valence-electron chi connectivity index (χ1n) is 8.73. The maximum Gasteiger partial charge on any atom is 0.224 e.